The molecule has 0 aliphatic carbocycles. The number of hydrogen-bond donors (Lipinski definition) is 2. The van der Waals surface area contributed by atoms with E-state index in [0.717, 1.165) is 6.54 Å². The molecule has 0 saturated carbocycles. The van der Waals surface area contributed by atoms with Crippen LogP contribution in [0.1, 0.15) is 17.2 Å². The Morgan fingerprint density at radius 3 is 2.33 bits per heavy atom. The monoisotopic (exact) mass is 284 g/mol. The van der Waals surface area contributed by atoms with E-state index in [2.05, 4.69) is 22.4 Å². The number of aliphatic hydroxyl groups is 1. The maximum absolute atomic E-state index is 9.56. The van der Waals surface area contributed by atoms with E-state index in [9.17, 15) is 5.11 Å². The highest BCUT2D eigenvalue weighted by Crippen LogP contribution is 2.28. The standard InChI is InChI=1S/C17H20N2O2/c20-11-17(12-21-13-17)10-19-16(14-4-2-1-3-5-14)15-6-8-18-9-7-15/h1-9,16,19-20H,10-13H2. The van der Waals surface area contributed by atoms with E-state index in [4.69, 9.17) is 4.74 Å². The SMILES string of the molecule is OCC1(CNC(c2ccccc2)c2ccncc2)COC1. The second kappa shape index (κ2) is 6.35. The van der Waals surface area contributed by atoms with Gasteiger partial charge in [0.1, 0.15) is 0 Å². The first-order chi connectivity index (χ1) is 10.3. The van der Waals surface area contributed by atoms with Crippen LogP contribution >= 0.6 is 0 Å². The Morgan fingerprint density at radius 1 is 1.10 bits per heavy atom. The molecule has 0 spiro atoms. The van der Waals surface area contributed by atoms with E-state index < -0.39 is 0 Å². The Bertz CT molecular complexity index is 511. The number of hydrogen-bond acceptors (Lipinski definition) is 4. The molecule has 1 aromatic carbocycles. The smallest absolute Gasteiger partial charge is 0.0579 e. The Kier molecular flexibility index (Phi) is 4.29. The summed E-state index contributed by atoms with van der Waals surface area (Å²) in [7, 11) is 0. The van der Waals surface area contributed by atoms with Crippen molar-refractivity contribution in [2.45, 2.75) is 6.04 Å². The van der Waals surface area contributed by atoms with Crippen LogP contribution in [0, 0.1) is 5.41 Å². The summed E-state index contributed by atoms with van der Waals surface area (Å²) >= 11 is 0. The van der Waals surface area contributed by atoms with Gasteiger partial charge in [0.05, 0.1) is 31.3 Å². The normalized spacial score (nSPS) is 18.0. The first-order valence-electron chi connectivity index (χ1n) is 7.20. The van der Waals surface area contributed by atoms with Gasteiger partial charge in [-0.3, -0.25) is 4.98 Å². The summed E-state index contributed by atoms with van der Waals surface area (Å²) in [6.07, 6.45) is 3.61. The first kappa shape index (κ1) is 14.2. The quantitative estimate of drug-likeness (QED) is 0.849. The summed E-state index contributed by atoms with van der Waals surface area (Å²) in [5.74, 6) is 0. The molecule has 4 heteroatoms. The fourth-order valence-electron chi connectivity index (χ4n) is 2.59. The Hall–Kier alpha value is -1.75. The van der Waals surface area contributed by atoms with Crippen molar-refractivity contribution >= 4 is 0 Å². The predicted octanol–water partition coefficient (Wildman–Crippen LogP) is 1.77. The predicted molar refractivity (Wildman–Crippen MR) is 80.9 cm³/mol. The lowest BCUT2D eigenvalue weighted by Crippen LogP contribution is -2.52. The van der Waals surface area contributed by atoms with Gasteiger partial charge in [-0.2, -0.15) is 0 Å². The molecule has 1 unspecified atom stereocenters. The highest BCUT2D eigenvalue weighted by atomic mass is 16.5. The summed E-state index contributed by atoms with van der Waals surface area (Å²) in [4.78, 5) is 4.09. The van der Waals surface area contributed by atoms with Crippen LogP contribution in [-0.4, -0.2) is 36.5 Å². The molecule has 2 N–H and O–H groups in total. The number of aromatic nitrogens is 1. The summed E-state index contributed by atoms with van der Waals surface area (Å²) in [6, 6.07) is 14.5. The van der Waals surface area contributed by atoms with Crippen molar-refractivity contribution in [1.29, 1.82) is 0 Å². The number of nitrogens with one attached hydrogen (secondary N) is 1. The molecule has 1 aliphatic heterocycles. The van der Waals surface area contributed by atoms with Crippen molar-refractivity contribution in [3.8, 4) is 0 Å². The first-order valence-corrected chi connectivity index (χ1v) is 7.20. The van der Waals surface area contributed by atoms with E-state index in [1.165, 1.54) is 11.1 Å². The number of ether oxygens (including phenoxy) is 1. The summed E-state index contributed by atoms with van der Waals surface area (Å²) in [5, 5.41) is 13.1. The largest absolute Gasteiger partial charge is 0.396 e. The van der Waals surface area contributed by atoms with Crippen LogP contribution in [0.5, 0.6) is 0 Å². The van der Waals surface area contributed by atoms with Crippen LogP contribution in [0.4, 0.5) is 0 Å². The summed E-state index contributed by atoms with van der Waals surface area (Å²) in [5.41, 5.74) is 2.24. The lowest BCUT2D eigenvalue weighted by Gasteiger charge is -2.41. The third-order valence-corrected chi connectivity index (χ3v) is 4.01. The van der Waals surface area contributed by atoms with E-state index in [-0.39, 0.29) is 18.1 Å². The minimum atomic E-state index is -0.139. The van der Waals surface area contributed by atoms with Gasteiger partial charge in [0, 0.05) is 18.9 Å². The molecule has 0 radical (unpaired) electrons. The van der Waals surface area contributed by atoms with Crippen molar-refractivity contribution < 1.29 is 9.84 Å². The number of rotatable bonds is 6. The molecular weight excluding hydrogens is 264 g/mol. The van der Waals surface area contributed by atoms with Crippen molar-refractivity contribution in [3.05, 3.63) is 66.0 Å². The molecule has 0 amide bonds. The molecule has 2 heterocycles. The van der Waals surface area contributed by atoms with Crippen LogP contribution in [0.25, 0.3) is 0 Å². The molecule has 1 fully saturated rings. The number of benzene rings is 1. The average Bonchev–Trinajstić information content (AvgIpc) is 2.52. The second-order valence-electron chi connectivity index (χ2n) is 5.66. The van der Waals surface area contributed by atoms with Crippen molar-refractivity contribution in [1.82, 2.24) is 10.3 Å². The van der Waals surface area contributed by atoms with Crippen LogP contribution in [0.3, 0.4) is 0 Å². The van der Waals surface area contributed by atoms with Gasteiger partial charge >= 0.3 is 0 Å². The Labute approximate surface area is 124 Å². The number of pyridine rings is 1. The van der Waals surface area contributed by atoms with Gasteiger partial charge in [0.25, 0.3) is 0 Å². The molecule has 110 valence electrons. The van der Waals surface area contributed by atoms with Crippen LogP contribution in [0.2, 0.25) is 0 Å². The van der Waals surface area contributed by atoms with Crippen LogP contribution in [-0.2, 0) is 4.74 Å². The maximum Gasteiger partial charge on any atom is 0.0579 e. The minimum absolute atomic E-state index is 0.0956. The topological polar surface area (TPSA) is 54.4 Å². The third kappa shape index (κ3) is 3.13. The van der Waals surface area contributed by atoms with Crippen LogP contribution < -0.4 is 5.32 Å². The van der Waals surface area contributed by atoms with E-state index in [1.807, 2.05) is 30.3 Å². The molecule has 0 bridgehead atoms. The molecule has 1 aliphatic rings. The third-order valence-electron chi connectivity index (χ3n) is 4.01. The second-order valence-corrected chi connectivity index (χ2v) is 5.66. The molecule has 21 heavy (non-hydrogen) atoms. The summed E-state index contributed by atoms with van der Waals surface area (Å²) < 4.78 is 5.26. The zero-order chi connectivity index (χ0) is 14.5. The fraction of sp³-hybridized carbons (Fsp3) is 0.353. The van der Waals surface area contributed by atoms with Crippen molar-refractivity contribution in [2.24, 2.45) is 5.41 Å². The fourth-order valence-corrected chi connectivity index (χ4v) is 2.59. The minimum Gasteiger partial charge on any atom is -0.396 e. The zero-order valence-corrected chi connectivity index (χ0v) is 11.9. The molecule has 1 saturated heterocycles. The highest BCUT2D eigenvalue weighted by molar-refractivity contribution is 5.30. The van der Waals surface area contributed by atoms with Crippen LogP contribution in [0.15, 0.2) is 54.9 Å². The van der Waals surface area contributed by atoms with Gasteiger partial charge < -0.3 is 15.2 Å². The number of aliphatic hydroxyl groups excluding tert-OH is 1. The van der Waals surface area contributed by atoms with Crippen molar-refractivity contribution in [2.75, 3.05) is 26.4 Å². The highest BCUT2D eigenvalue weighted by Gasteiger charge is 2.38. The lowest BCUT2D eigenvalue weighted by atomic mass is 9.86. The molecule has 4 nitrogen and oxygen atoms in total. The molecule has 3 rings (SSSR count). The van der Waals surface area contributed by atoms with Gasteiger partial charge in [-0.05, 0) is 23.3 Å². The van der Waals surface area contributed by atoms with E-state index in [1.54, 1.807) is 12.4 Å². The average molecular weight is 284 g/mol. The summed E-state index contributed by atoms with van der Waals surface area (Å²) in [6.45, 7) is 2.12. The molecule has 2 aromatic rings. The Balaban J connectivity index is 1.80. The molecule has 1 atom stereocenters. The van der Waals surface area contributed by atoms with Gasteiger partial charge in [-0.1, -0.05) is 30.3 Å². The Morgan fingerprint density at radius 2 is 1.76 bits per heavy atom. The van der Waals surface area contributed by atoms with Gasteiger partial charge in [-0.15, -0.1) is 0 Å². The molecule has 1 aromatic heterocycles. The molecular formula is C17H20N2O2. The number of nitrogens with zero attached hydrogens (tertiary/aromatic N) is 1. The lowest BCUT2D eigenvalue weighted by molar-refractivity contribution is -0.134. The van der Waals surface area contributed by atoms with Gasteiger partial charge in [0.15, 0.2) is 0 Å². The van der Waals surface area contributed by atoms with Crippen molar-refractivity contribution in [3.63, 3.8) is 0 Å². The van der Waals surface area contributed by atoms with E-state index >= 15 is 0 Å². The zero-order valence-electron chi connectivity index (χ0n) is 11.9. The van der Waals surface area contributed by atoms with Gasteiger partial charge in [0.2, 0.25) is 0 Å². The van der Waals surface area contributed by atoms with Gasteiger partial charge in [-0.25, -0.2) is 0 Å². The van der Waals surface area contributed by atoms with E-state index in [0.29, 0.717) is 13.2 Å². The maximum atomic E-state index is 9.56.